The standard InChI is InChI=1S/C14H12O3.ClH/c1-7-8(2)14(15)17-12-6-11-10(4-5-16-11)9(3)13(7)12;/h4-6H,1-3H3;1H. The summed E-state index contributed by atoms with van der Waals surface area (Å²) in [6, 6.07) is 3.72. The summed E-state index contributed by atoms with van der Waals surface area (Å²) in [5.74, 6) is 0. The minimum absolute atomic E-state index is 0. The van der Waals surface area contributed by atoms with Crippen molar-refractivity contribution in [3.05, 3.63) is 45.5 Å². The maximum absolute atomic E-state index is 11.6. The van der Waals surface area contributed by atoms with Crippen LogP contribution in [0.5, 0.6) is 0 Å². The number of rotatable bonds is 0. The molecule has 18 heavy (non-hydrogen) atoms. The van der Waals surface area contributed by atoms with E-state index < -0.39 is 0 Å². The summed E-state index contributed by atoms with van der Waals surface area (Å²) in [6.07, 6.45) is 1.65. The Bertz CT molecular complexity index is 796. The van der Waals surface area contributed by atoms with Crippen molar-refractivity contribution < 1.29 is 8.83 Å². The Morgan fingerprint density at radius 3 is 2.44 bits per heavy atom. The summed E-state index contributed by atoms with van der Waals surface area (Å²) >= 11 is 0. The zero-order valence-electron chi connectivity index (χ0n) is 10.4. The maximum atomic E-state index is 11.6. The Morgan fingerprint density at radius 1 is 1.00 bits per heavy atom. The fraction of sp³-hybridized carbons (Fsp3) is 0.214. The Kier molecular flexibility index (Phi) is 2.95. The van der Waals surface area contributed by atoms with Gasteiger partial charge in [-0.15, -0.1) is 12.4 Å². The summed E-state index contributed by atoms with van der Waals surface area (Å²) in [7, 11) is 0. The molecule has 0 atom stereocenters. The predicted octanol–water partition coefficient (Wildman–Crippen LogP) is 3.89. The Hall–Kier alpha value is -1.74. The summed E-state index contributed by atoms with van der Waals surface area (Å²) in [4.78, 5) is 11.6. The van der Waals surface area contributed by atoms with Gasteiger partial charge in [0.25, 0.3) is 0 Å². The fourth-order valence-electron chi connectivity index (χ4n) is 2.32. The van der Waals surface area contributed by atoms with E-state index in [9.17, 15) is 4.79 Å². The zero-order valence-corrected chi connectivity index (χ0v) is 11.2. The molecule has 3 rings (SSSR count). The number of hydrogen-bond acceptors (Lipinski definition) is 3. The average Bonchev–Trinajstić information content (AvgIpc) is 2.74. The number of benzene rings is 1. The van der Waals surface area contributed by atoms with Gasteiger partial charge >= 0.3 is 5.63 Å². The average molecular weight is 265 g/mol. The highest BCUT2D eigenvalue weighted by Gasteiger charge is 2.13. The SMILES string of the molecule is Cc1c(C)c2c(C)c3ccoc3cc2oc1=O.Cl. The summed E-state index contributed by atoms with van der Waals surface area (Å²) in [6.45, 7) is 5.76. The number of hydrogen-bond donors (Lipinski definition) is 0. The molecular weight excluding hydrogens is 252 g/mol. The Balaban J connectivity index is 0.00000120. The van der Waals surface area contributed by atoms with Crippen molar-refractivity contribution in [1.29, 1.82) is 0 Å². The van der Waals surface area contributed by atoms with Gasteiger partial charge in [0.2, 0.25) is 0 Å². The number of aryl methyl sites for hydroxylation is 2. The molecule has 0 aliphatic heterocycles. The maximum Gasteiger partial charge on any atom is 0.339 e. The third-order valence-electron chi connectivity index (χ3n) is 3.43. The molecule has 0 aliphatic rings. The third-order valence-corrected chi connectivity index (χ3v) is 3.43. The van der Waals surface area contributed by atoms with Crippen molar-refractivity contribution >= 4 is 34.3 Å². The second-order valence-electron chi connectivity index (χ2n) is 4.35. The Morgan fingerprint density at radius 2 is 1.72 bits per heavy atom. The molecule has 1 aromatic carbocycles. The second kappa shape index (κ2) is 4.18. The van der Waals surface area contributed by atoms with E-state index in [0.717, 1.165) is 27.5 Å². The molecular formula is C14H13ClO3. The highest BCUT2D eigenvalue weighted by Crippen LogP contribution is 2.30. The first-order valence-electron chi connectivity index (χ1n) is 5.50. The molecule has 94 valence electrons. The van der Waals surface area contributed by atoms with E-state index in [0.29, 0.717) is 11.1 Å². The van der Waals surface area contributed by atoms with Gasteiger partial charge in [-0.2, -0.15) is 0 Å². The van der Waals surface area contributed by atoms with Gasteiger partial charge in [-0.25, -0.2) is 4.79 Å². The normalized spacial score (nSPS) is 10.8. The topological polar surface area (TPSA) is 43.4 Å². The molecule has 0 saturated heterocycles. The molecule has 0 radical (unpaired) electrons. The largest absolute Gasteiger partial charge is 0.464 e. The molecule has 0 fully saturated rings. The van der Waals surface area contributed by atoms with E-state index in [1.54, 1.807) is 19.3 Å². The van der Waals surface area contributed by atoms with Crippen LogP contribution in [0.1, 0.15) is 16.7 Å². The van der Waals surface area contributed by atoms with Crippen LogP contribution in [0.4, 0.5) is 0 Å². The molecule has 2 heterocycles. The van der Waals surface area contributed by atoms with Crippen molar-refractivity contribution in [2.45, 2.75) is 20.8 Å². The van der Waals surface area contributed by atoms with Gasteiger partial charge in [-0.05, 0) is 38.0 Å². The van der Waals surface area contributed by atoms with Gasteiger partial charge in [-0.1, -0.05) is 0 Å². The lowest BCUT2D eigenvalue weighted by Crippen LogP contribution is -2.06. The van der Waals surface area contributed by atoms with Crippen LogP contribution in [0.2, 0.25) is 0 Å². The van der Waals surface area contributed by atoms with E-state index >= 15 is 0 Å². The highest BCUT2D eigenvalue weighted by atomic mass is 35.5. The molecule has 0 unspecified atom stereocenters. The van der Waals surface area contributed by atoms with Gasteiger partial charge in [0.1, 0.15) is 11.2 Å². The zero-order chi connectivity index (χ0) is 12.2. The number of furan rings is 1. The van der Waals surface area contributed by atoms with E-state index in [1.165, 1.54) is 0 Å². The molecule has 0 amide bonds. The smallest absolute Gasteiger partial charge is 0.339 e. The summed E-state index contributed by atoms with van der Waals surface area (Å²) < 4.78 is 10.7. The fourth-order valence-corrected chi connectivity index (χ4v) is 2.32. The summed E-state index contributed by atoms with van der Waals surface area (Å²) in [5, 5.41) is 2.07. The van der Waals surface area contributed by atoms with Crippen LogP contribution in [0.25, 0.3) is 21.9 Å². The van der Waals surface area contributed by atoms with Crippen LogP contribution in [-0.4, -0.2) is 0 Å². The predicted molar refractivity (Wildman–Crippen MR) is 73.7 cm³/mol. The molecule has 0 saturated carbocycles. The van der Waals surface area contributed by atoms with Gasteiger partial charge in [-0.3, -0.25) is 0 Å². The van der Waals surface area contributed by atoms with Crippen molar-refractivity contribution in [2.24, 2.45) is 0 Å². The molecule has 2 aromatic heterocycles. The molecule has 0 aliphatic carbocycles. The molecule has 3 aromatic rings. The van der Waals surface area contributed by atoms with Crippen LogP contribution in [-0.2, 0) is 0 Å². The lowest BCUT2D eigenvalue weighted by molar-refractivity contribution is 0.552. The van der Waals surface area contributed by atoms with E-state index in [2.05, 4.69) is 0 Å². The lowest BCUT2D eigenvalue weighted by atomic mass is 10.00. The van der Waals surface area contributed by atoms with E-state index in [1.807, 2.05) is 19.9 Å². The van der Waals surface area contributed by atoms with Crippen LogP contribution in [0.3, 0.4) is 0 Å². The molecule has 3 nitrogen and oxygen atoms in total. The van der Waals surface area contributed by atoms with Crippen LogP contribution in [0.15, 0.2) is 32.0 Å². The van der Waals surface area contributed by atoms with Crippen LogP contribution < -0.4 is 5.63 Å². The van der Waals surface area contributed by atoms with Gasteiger partial charge in [0.15, 0.2) is 0 Å². The molecule has 0 N–H and O–H groups in total. The first-order valence-corrected chi connectivity index (χ1v) is 5.50. The molecule has 4 heteroatoms. The molecule has 0 spiro atoms. The summed E-state index contributed by atoms with van der Waals surface area (Å²) in [5.41, 5.74) is 3.82. The van der Waals surface area contributed by atoms with Crippen LogP contribution >= 0.6 is 12.4 Å². The van der Waals surface area contributed by atoms with Crippen molar-refractivity contribution in [2.75, 3.05) is 0 Å². The van der Waals surface area contributed by atoms with Crippen molar-refractivity contribution in [1.82, 2.24) is 0 Å². The third kappa shape index (κ3) is 1.55. The monoisotopic (exact) mass is 264 g/mol. The highest BCUT2D eigenvalue weighted by molar-refractivity contribution is 5.99. The Labute approximate surface area is 110 Å². The number of halogens is 1. The minimum Gasteiger partial charge on any atom is -0.464 e. The first kappa shape index (κ1) is 12.7. The van der Waals surface area contributed by atoms with Gasteiger partial charge in [0, 0.05) is 22.4 Å². The van der Waals surface area contributed by atoms with Crippen LogP contribution in [0, 0.1) is 20.8 Å². The quantitative estimate of drug-likeness (QED) is 0.579. The van der Waals surface area contributed by atoms with Crippen molar-refractivity contribution in [3.8, 4) is 0 Å². The second-order valence-corrected chi connectivity index (χ2v) is 4.35. The van der Waals surface area contributed by atoms with Gasteiger partial charge < -0.3 is 8.83 Å². The molecule has 0 bridgehead atoms. The minimum atomic E-state index is -0.277. The van der Waals surface area contributed by atoms with E-state index in [-0.39, 0.29) is 18.0 Å². The first-order chi connectivity index (χ1) is 8.09. The lowest BCUT2D eigenvalue weighted by Gasteiger charge is -2.07. The van der Waals surface area contributed by atoms with Gasteiger partial charge in [0.05, 0.1) is 6.26 Å². The van der Waals surface area contributed by atoms with Crippen molar-refractivity contribution in [3.63, 3.8) is 0 Å². The number of fused-ring (bicyclic) bond motifs is 2. The van der Waals surface area contributed by atoms with E-state index in [4.69, 9.17) is 8.83 Å².